The molecule has 4 nitrogen and oxygen atoms in total. The number of halogens is 1. The first kappa shape index (κ1) is 16.0. The van der Waals surface area contributed by atoms with Crippen LogP contribution in [0.15, 0.2) is 24.3 Å². The summed E-state index contributed by atoms with van der Waals surface area (Å²) in [5.74, 6) is -0.0168. The summed E-state index contributed by atoms with van der Waals surface area (Å²) in [5, 5.41) is 5.97. The zero-order valence-electron chi connectivity index (χ0n) is 11.1. The molecule has 1 aromatic carbocycles. The lowest BCUT2D eigenvalue weighted by Gasteiger charge is -2.10. The molecule has 2 N–H and O–H groups in total. The normalized spacial score (nSPS) is 17.8. The molecule has 1 aromatic rings. The van der Waals surface area contributed by atoms with E-state index < -0.39 is 0 Å². The highest BCUT2D eigenvalue weighted by molar-refractivity contribution is 5.92. The Balaban J connectivity index is 0.00000180. The van der Waals surface area contributed by atoms with E-state index in [2.05, 4.69) is 10.6 Å². The fourth-order valence-electron chi connectivity index (χ4n) is 1.99. The van der Waals surface area contributed by atoms with E-state index in [-0.39, 0.29) is 24.4 Å². The molecule has 0 aliphatic carbocycles. The van der Waals surface area contributed by atoms with E-state index in [0.29, 0.717) is 6.54 Å². The van der Waals surface area contributed by atoms with Crippen LogP contribution in [-0.2, 0) is 9.53 Å². The van der Waals surface area contributed by atoms with Crippen molar-refractivity contribution in [2.75, 3.05) is 25.0 Å². The van der Waals surface area contributed by atoms with Gasteiger partial charge in [0.25, 0.3) is 0 Å². The van der Waals surface area contributed by atoms with E-state index in [1.807, 2.05) is 31.2 Å². The predicted octanol–water partition coefficient (Wildman–Crippen LogP) is 2.12. The molecule has 1 fully saturated rings. The van der Waals surface area contributed by atoms with E-state index >= 15 is 0 Å². The van der Waals surface area contributed by atoms with Crippen molar-refractivity contribution in [3.63, 3.8) is 0 Å². The Hall–Kier alpha value is -1.10. The molecule has 0 aromatic heterocycles. The SMILES string of the molecule is Cc1ccc(NC(=O)CNCC2CCCO2)cc1.Cl. The van der Waals surface area contributed by atoms with Gasteiger partial charge in [0.05, 0.1) is 12.6 Å². The molecule has 5 heteroatoms. The van der Waals surface area contributed by atoms with Crippen LogP contribution < -0.4 is 10.6 Å². The second-order valence-electron chi connectivity index (χ2n) is 4.68. The first-order chi connectivity index (χ1) is 8.74. The van der Waals surface area contributed by atoms with Gasteiger partial charge in [-0.2, -0.15) is 0 Å². The average Bonchev–Trinajstić information content (AvgIpc) is 2.85. The quantitative estimate of drug-likeness (QED) is 0.871. The Bertz CT molecular complexity index is 389. The molecular weight excluding hydrogens is 264 g/mol. The average molecular weight is 285 g/mol. The Morgan fingerprint density at radius 2 is 2.11 bits per heavy atom. The third-order valence-corrected chi connectivity index (χ3v) is 3.02. The summed E-state index contributed by atoms with van der Waals surface area (Å²) in [5.41, 5.74) is 2.02. The highest BCUT2D eigenvalue weighted by Gasteiger charge is 2.14. The summed E-state index contributed by atoms with van der Waals surface area (Å²) in [6.07, 6.45) is 2.49. The lowest BCUT2D eigenvalue weighted by molar-refractivity contribution is -0.115. The minimum Gasteiger partial charge on any atom is -0.377 e. The number of nitrogens with one attached hydrogen (secondary N) is 2. The van der Waals surface area contributed by atoms with E-state index in [0.717, 1.165) is 31.7 Å². The van der Waals surface area contributed by atoms with E-state index in [1.54, 1.807) is 0 Å². The van der Waals surface area contributed by atoms with Crippen molar-refractivity contribution < 1.29 is 9.53 Å². The maximum absolute atomic E-state index is 11.7. The maximum atomic E-state index is 11.7. The van der Waals surface area contributed by atoms with Crippen molar-refractivity contribution in [3.05, 3.63) is 29.8 Å². The summed E-state index contributed by atoms with van der Waals surface area (Å²) in [7, 11) is 0. The van der Waals surface area contributed by atoms with Crippen molar-refractivity contribution in [1.82, 2.24) is 5.32 Å². The topological polar surface area (TPSA) is 50.4 Å². The molecule has 19 heavy (non-hydrogen) atoms. The van der Waals surface area contributed by atoms with Gasteiger partial charge in [-0.25, -0.2) is 0 Å². The number of aryl methyl sites for hydroxylation is 1. The zero-order chi connectivity index (χ0) is 12.8. The summed E-state index contributed by atoms with van der Waals surface area (Å²) in [4.78, 5) is 11.7. The molecule has 1 aliphatic rings. The van der Waals surface area contributed by atoms with Gasteiger partial charge in [-0.1, -0.05) is 17.7 Å². The third-order valence-electron chi connectivity index (χ3n) is 3.02. The number of hydrogen-bond donors (Lipinski definition) is 2. The Morgan fingerprint density at radius 3 is 2.74 bits per heavy atom. The molecule has 0 spiro atoms. The Labute approximate surface area is 120 Å². The summed E-state index contributed by atoms with van der Waals surface area (Å²) in [6.45, 7) is 3.95. The third kappa shape index (κ3) is 5.59. The van der Waals surface area contributed by atoms with Gasteiger partial charge >= 0.3 is 0 Å². The van der Waals surface area contributed by atoms with Crippen LogP contribution >= 0.6 is 12.4 Å². The second-order valence-corrected chi connectivity index (χ2v) is 4.68. The van der Waals surface area contributed by atoms with Crippen molar-refractivity contribution in [3.8, 4) is 0 Å². The monoisotopic (exact) mass is 284 g/mol. The van der Waals surface area contributed by atoms with Crippen LogP contribution in [0.3, 0.4) is 0 Å². The smallest absolute Gasteiger partial charge is 0.238 e. The summed E-state index contributed by atoms with van der Waals surface area (Å²) >= 11 is 0. The van der Waals surface area contributed by atoms with Gasteiger partial charge in [-0.15, -0.1) is 12.4 Å². The van der Waals surface area contributed by atoms with Crippen LogP contribution in [0.4, 0.5) is 5.69 Å². The zero-order valence-corrected chi connectivity index (χ0v) is 12.0. The van der Waals surface area contributed by atoms with E-state index in [1.165, 1.54) is 5.56 Å². The molecule has 1 heterocycles. The number of rotatable bonds is 5. The van der Waals surface area contributed by atoms with Gasteiger partial charge in [0, 0.05) is 18.8 Å². The van der Waals surface area contributed by atoms with Crippen LogP contribution in [0.5, 0.6) is 0 Å². The van der Waals surface area contributed by atoms with E-state index in [4.69, 9.17) is 4.74 Å². The molecule has 0 bridgehead atoms. The molecule has 1 atom stereocenters. The Kier molecular flexibility index (Phi) is 6.84. The molecule has 2 rings (SSSR count). The van der Waals surface area contributed by atoms with Crippen LogP contribution in [0.25, 0.3) is 0 Å². The fraction of sp³-hybridized carbons (Fsp3) is 0.500. The molecular formula is C14H21ClN2O2. The minimum atomic E-state index is -0.0168. The fourth-order valence-corrected chi connectivity index (χ4v) is 1.99. The van der Waals surface area contributed by atoms with Crippen LogP contribution in [-0.4, -0.2) is 31.7 Å². The van der Waals surface area contributed by atoms with Crippen molar-refractivity contribution in [2.24, 2.45) is 0 Å². The highest BCUT2D eigenvalue weighted by Crippen LogP contribution is 2.10. The molecule has 0 radical (unpaired) electrons. The number of anilines is 1. The standard InChI is InChI=1S/C14H20N2O2.ClH/c1-11-4-6-12(7-5-11)16-14(17)10-15-9-13-3-2-8-18-13;/h4-7,13,15H,2-3,8-10H2,1H3,(H,16,17);1H. The number of benzene rings is 1. The minimum absolute atomic E-state index is 0. The number of amides is 1. The van der Waals surface area contributed by atoms with Gasteiger partial charge in [-0.3, -0.25) is 4.79 Å². The maximum Gasteiger partial charge on any atom is 0.238 e. The van der Waals surface area contributed by atoms with Crippen LogP contribution in [0.1, 0.15) is 18.4 Å². The molecule has 0 saturated carbocycles. The summed E-state index contributed by atoms with van der Waals surface area (Å²) < 4.78 is 5.47. The molecule has 1 unspecified atom stereocenters. The lowest BCUT2D eigenvalue weighted by Crippen LogP contribution is -2.33. The molecule has 1 saturated heterocycles. The van der Waals surface area contributed by atoms with Gasteiger partial charge in [0.1, 0.15) is 0 Å². The number of hydrogen-bond acceptors (Lipinski definition) is 3. The van der Waals surface area contributed by atoms with Crippen molar-refractivity contribution >= 4 is 24.0 Å². The first-order valence-electron chi connectivity index (χ1n) is 6.43. The molecule has 1 aliphatic heterocycles. The number of ether oxygens (including phenoxy) is 1. The van der Waals surface area contributed by atoms with Gasteiger partial charge in [0.15, 0.2) is 0 Å². The van der Waals surface area contributed by atoms with E-state index in [9.17, 15) is 4.79 Å². The summed E-state index contributed by atoms with van der Waals surface area (Å²) in [6, 6.07) is 7.78. The van der Waals surface area contributed by atoms with Crippen molar-refractivity contribution in [2.45, 2.75) is 25.9 Å². The Morgan fingerprint density at radius 1 is 1.37 bits per heavy atom. The van der Waals surface area contributed by atoms with Gasteiger partial charge in [-0.05, 0) is 31.9 Å². The number of carbonyl (C=O) groups excluding carboxylic acids is 1. The highest BCUT2D eigenvalue weighted by atomic mass is 35.5. The molecule has 106 valence electrons. The largest absolute Gasteiger partial charge is 0.377 e. The first-order valence-corrected chi connectivity index (χ1v) is 6.43. The lowest BCUT2D eigenvalue weighted by atomic mass is 10.2. The second kappa shape index (κ2) is 8.15. The number of carbonyl (C=O) groups is 1. The van der Waals surface area contributed by atoms with Gasteiger partial charge in [0.2, 0.25) is 5.91 Å². The molecule has 1 amide bonds. The van der Waals surface area contributed by atoms with Crippen LogP contribution in [0, 0.1) is 6.92 Å². The predicted molar refractivity (Wildman–Crippen MR) is 78.9 cm³/mol. The van der Waals surface area contributed by atoms with Crippen molar-refractivity contribution in [1.29, 1.82) is 0 Å². The van der Waals surface area contributed by atoms with Crippen LogP contribution in [0.2, 0.25) is 0 Å². The van der Waals surface area contributed by atoms with Gasteiger partial charge < -0.3 is 15.4 Å².